The molecule has 0 spiro atoms. The number of rotatable bonds is 9. The van der Waals surface area contributed by atoms with Crippen LogP contribution in [0.5, 0.6) is 5.75 Å². The highest BCUT2D eigenvalue weighted by molar-refractivity contribution is 7.18. The number of carbonyl (C=O) groups is 1. The fourth-order valence-electron chi connectivity index (χ4n) is 3.66. The molecule has 1 heterocycles. The maximum Gasteiger partial charge on any atom is 0.431 e. The molecule has 0 unspecified atom stereocenters. The lowest BCUT2D eigenvalue weighted by Crippen LogP contribution is -2.39. The Morgan fingerprint density at radius 3 is 2.31 bits per heavy atom. The quantitative estimate of drug-likeness (QED) is 0.279. The topological polar surface area (TPSA) is 95.1 Å². The Kier molecular flexibility index (Phi) is 8.39. The zero-order valence-corrected chi connectivity index (χ0v) is 22.4. The zero-order valence-electron chi connectivity index (χ0n) is 21.6. The Balaban J connectivity index is 1.98. The third kappa shape index (κ3) is 6.54. The summed E-state index contributed by atoms with van der Waals surface area (Å²) in [5.41, 5.74) is 3.78. The fourth-order valence-corrected chi connectivity index (χ4v) is 4.77. The van der Waals surface area contributed by atoms with Crippen molar-refractivity contribution in [2.45, 2.75) is 53.6 Å². The molecule has 2 aromatic carbocycles. The molecule has 0 aliphatic rings. The number of anilines is 4. The van der Waals surface area contributed by atoms with E-state index in [0.717, 1.165) is 10.8 Å². The lowest BCUT2D eigenvalue weighted by atomic mass is 10.2. The van der Waals surface area contributed by atoms with Crippen LogP contribution in [0.1, 0.15) is 40.2 Å². The van der Waals surface area contributed by atoms with Gasteiger partial charge in [0.25, 0.3) is 0 Å². The number of nitrogens with one attached hydrogen (secondary N) is 2. The molecule has 1 aromatic heterocycles. The summed E-state index contributed by atoms with van der Waals surface area (Å²) in [5, 5.41) is 21.3. The first-order chi connectivity index (χ1) is 16.6. The van der Waals surface area contributed by atoms with E-state index in [9.17, 15) is 4.79 Å². The van der Waals surface area contributed by atoms with Crippen molar-refractivity contribution in [2.24, 2.45) is 17.3 Å². The molecule has 186 valence electrons. The Labute approximate surface area is 210 Å². The molecule has 0 aliphatic heterocycles. The van der Waals surface area contributed by atoms with Gasteiger partial charge in [-0.1, -0.05) is 22.8 Å². The molecule has 2 N–H and O–H groups in total. The molecule has 0 saturated heterocycles. The van der Waals surface area contributed by atoms with Crippen molar-refractivity contribution in [3.8, 4) is 5.75 Å². The summed E-state index contributed by atoms with van der Waals surface area (Å²) >= 11 is 1.47. The summed E-state index contributed by atoms with van der Waals surface area (Å²) < 4.78 is 7.32. The number of hydrogen-bond acceptors (Lipinski definition) is 8. The smallest absolute Gasteiger partial charge is 0.431 e. The van der Waals surface area contributed by atoms with Gasteiger partial charge < -0.3 is 20.3 Å². The average molecular weight is 497 g/mol. The molecule has 0 radical (unpaired) electrons. The van der Waals surface area contributed by atoms with Gasteiger partial charge in [-0.3, -0.25) is 4.79 Å². The van der Waals surface area contributed by atoms with Gasteiger partial charge in [0, 0.05) is 30.8 Å². The summed E-state index contributed by atoms with van der Waals surface area (Å²) in [6.45, 7) is 12.1. The van der Waals surface area contributed by atoms with Crippen LogP contribution in [0.2, 0.25) is 0 Å². The molecule has 1 amide bonds. The van der Waals surface area contributed by atoms with Crippen molar-refractivity contribution >= 4 is 50.3 Å². The number of amides is 1. The average Bonchev–Trinajstić information content (AvgIpc) is 3.13. The number of nitrogens with zero attached hydrogens (tertiary/aromatic N) is 5. The fraction of sp³-hybridized carbons (Fsp3) is 0.400. The van der Waals surface area contributed by atoms with Gasteiger partial charge >= 0.3 is 5.13 Å². The van der Waals surface area contributed by atoms with Crippen molar-refractivity contribution < 1.29 is 14.2 Å². The van der Waals surface area contributed by atoms with E-state index in [1.807, 2.05) is 38.2 Å². The second-order valence-electron chi connectivity index (χ2n) is 8.83. The summed E-state index contributed by atoms with van der Waals surface area (Å²) in [4.78, 5) is 14.1. The van der Waals surface area contributed by atoms with E-state index >= 15 is 0 Å². The molecular weight excluding hydrogens is 462 g/mol. The first-order valence-corrected chi connectivity index (χ1v) is 12.3. The minimum Gasteiger partial charge on any atom is -0.494 e. The first-order valence-electron chi connectivity index (χ1n) is 11.5. The predicted molar refractivity (Wildman–Crippen MR) is 142 cm³/mol. The highest BCUT2D eigenvalue weighted by Gasteiger charge is 2.24. The number of carbonyl (C=O) groups excluding carboxylic acids is 1. The van der Waals surface area contributed by atoms with Gasteiger partial charge in [0.15, 0.2) is 0 Å². The van der Waals surface area contributed by atoms with E-state index in [2.05, 4.69) is 58.6 Å². The van der Waals surface area contributed by atoms with Crippen LogP contribution in [0.25, 0.3) is 0 Å². The number of benzene rings is 2. The lowest BCUT2D eigenvalue weighted by molar-refractivity contribution is -0.712. The van der Waals surface area contributed by atoms with Crippen LogP contribution < -0.4 is 25.0 Å². The number of ether oxygens (including phenoxy) is 1. The largest absolute Gasteiger partial charge is 0.494 e. The number of aryl methyl sites for hydroxylation is 2. The van der Waals surface area contributed by atoms with Crippen molar-refractivity contribution in [1.82, 2.24) is 5.10 Å². The van der Waals surface area contributed by atoms with Crippen LogP contribution in [0, 0.1) is 6.92 Å². The van der Waals surface area contributed by atoms with Gasteiger partial charge in [-0.05, 0) is 69.3 Å². The molecule has 0 bridgehead atoms. The number of hydrogen-bond donors (Lipinski definition) is 2. The summed E-state index contributed by atoms with van der Waals surface area (Å²) in [6.07, 6.45) is 0. The standard InChI is InChI=1S/C25H33N7O2S/c1-15(2)32(16(3)4)25-30-31(7)24(35-25)29-28-21-14-23(34-8)22(13-20(21)26-18(6)33)27-19-11-9-17(5)10-12-19/h9-16H,1-8H3,(H,26,27,33)/p+1. The van der Waals surface area contributed by atoms with Gasteiger partial charge in [-0.25, -0.2) is 0 Å². The number of methoxy groups -OCH3 is 1. The van der Waals surface area contributed by atoms with E-state index in [0.29, 0.717) is 40.0 Å². The van der Waals surface area contributed by atoms with Crippen LogP contribution in [0.3, 0.4) is 0 Å². The van der Waals surface area contributed by atoms with Crippen molar-refractivity contribution in [3.05, 3.63) is 42.0 Å². The molecule has 3 aromatic rings. The van der Waals surface area contributed by atoms with Gasteiger partial charge in [-0.2, -0.15) is 0 Å². The van der Waals surface area contributed by atoms with Crippen molar-refractivity contribution in [2.75, 3.05) is 22.6 Å². The van der Waals surface area contributed by atoms with Crippen LogP contribution in [0.4, 0.5) is 33.0 Å². The number of azo groups is 1. The van der Waals surface area contributed by atoms with Crippen LogP contribution in [0.15, 0.2) is 46.6 Å². The monoisotopic (exact) mass is 496 g/mol. The Hall–Kier alpha value is -3.53. The normalized spacial score (nSPS) is 11.4. The van der Waals surface area contributed by atoms with Crippen LogP contribution in [-0.2, 0) is 11.8 Å². The number of aromatic nitrogens is 2. The Bertz CT molecular complexity index is 1200. The minimum atomic E-state index is -0.206. The molecular formula is C25H34N7O2S+. The van der Waals surface area contributed by atoms with E-state index in [1.165, 1.54) is 23.8 Å². The van der Waals surface area contributed by atoms with Crippen LogP contribution in [-0.4, -0.2) is 30.2 Å². The van der Waals surface area contributed by atoms with Gasteiger partial charge in [0.05, 0.1) is 23.6 Å². The van der Waals surface area contributed by atoms with Gasteiger partial charge in [0.1, 0.15) is 18.5 Å². The van der Waals surface area contributed by atoms with E-state index in [4.69, 9.17) is 4.74 Å². The van der Waals surface area contributed by atoms with Gasteiger partial charge in [-0.15, -0.1) is 4.68 Å². The molecule has 35 heavy (non-hydrogen) atoms. The van der Waals surface area contributed by atoms with E-state index in [-0.39, 0.29) is 5.91 Å². The Morgan fingerprint density at radius 1 is 1.09 bits per heavy atom. The minimum absolute atomic E-state index is 0.206. The Morgan fingerprint density at radius 2 is 1.74 bits per heavy atom. The molecule has 0 saturated carbocycles. The zero-order chi connectivity index (χ0) is 25.7. The predicted octanol–water partition coefficient (Wildman–Crippen LogP) is 6.03. The molecule has 10 heteroatoms. The molecule has 0 aliphatic carbocycles. The SMILES string of the molecule is COc1cc(N=Nc2sc(N(C(C)C)C(C)C)n[n+]2C)c(NC(C)=O)cc1Nc1ccc(C)cc1. The van der Waals surface area contributed by atoms with Crippen molar-refractivity contribution in [3.63, 3.8) is 0 Å². The van der Waals surface area contributed by atoms with Gasteiger partial charge in [0.2, 0.25) is 11.0 Å². The van der Waals surface area contributed by atoms with Crippen LogP contribution >= 0.6 is 11.3 Å². The molecule has 9 nitrogen and oxygen atoms in total. The summed E-state index contributed by atoms with van der Waals surface area (Å²) in [6, 6.07) is 12.2. The second-order valence-corrected chi connectivity index (χ2v) is 9.76. The molecule has 0 atom stereocenters. The molecule has 0 fully saturated rings. The van der Waals surface area contributed by atoms with Crippen molar-refractivity contribution in [1.29, 1.82) is 0 Å². The highest BCUT2D eigenvalue weighted by Crippen LogP contribution is 2.39. The summed E-state index contributed by atoms with van der Waals surface area (Å²) in [5.74, 6) is 0.372. The second kappa shape index (κ2) is 11.3. The highest BCUT2D eigenvalue weighted by atomic mass is 32.1. The third-order valence-electron chi connectivity index (χ3n) is 5.23. The van der Waals surface area contributed by atoms with E-state index < -0.39 is 0 Å². The maximum atomic E-state index is 11.9. The lowest BCUT2D eigenvalue weighted by Gasteiger charge is -2.28. The summed E-state index contributed by atoms with van der Waals surface area (Å²) in [7, 11) is 3.44. The first kappa shape index (κ1) is 26.1. The molecule has 3 rings (SSSR count). The maximum absolute atomic E-state index is 11.9. The van der Waals surface area contributed by atoms with E-state index in [1.54, 1.807) is 23.9 Å². The third-order valence-corrected chi connectivity index (χ3v) is 6.23.